The number of fused-ring (bicyclic) bond motifs is 1. The SMILES string of the molecule is CN(CCCn1ccc2cc(CNC[C@H](O)c3ccc(O)c(NC=O)c3)ccc21)C1CCC(OC(=O)C(O)(c2ccccc2)c2cccs2)CC1. The standard InChI is InChI=1S/C40H46N4O6S/c1-43(32-12-14-33(15-13-32)50-39(48)40(49,38-9-5-22-51-38)31-7-3-2-4-8-31)19-6-20-44-21-18-29-23-28(10-16-35(29)44)25-41-26-37(47)30-11-17-36(46)34(24-30)42-27-45/h2-5,7-11,16-18,21-24,27,32-33,37,41,46-47,49H,6,12-15,19-20,25-26H2,1H3,(H,42,45)/t32?,33?,37-,40?/m0/s1. The average Bonchev–Trinajstić information content (AvgIpc) is 3.84. The zero-order valence-corrected chi connectivity index (χ0v) is 29.6. The third-order valence-electron chi connectivity index (χ3n) is 9.94. The van der Waals surface area contributed by atoms with Crippen molar-refractivity contribution >= 4 is 40.3 Å². The quantitative estimate of drug-likeness (QED) is 0.0485. The van der Waals surface area contributed by atoms with Crippen molar-refractivity contribution in [2.24, 2.45) is 0 Å². The highest BCUT2D eigenvalue weighted by Crippen LogP contribution is 2.36. The number of aromatic nitrogens is 1. The van der Waals surface area contributed by atoms with Crippen LogP contribution in [0.2, 0.25) is 0 Å². The van der Waals surface area contributed by atoms with Crippen LogP contribution in [0.5, 0.6) is 5.75 Å². The van der Waals surface area contributed by atoms with Gasteiger partial charge in [0.2, 0.25) is 12.0 Å². The lowest BCUT2D eigenvalue weighted by Crippen LogP contribution is -2.42. The molecule has 2 atom stereocenters. The second-order valence-corrected chi connectivity index (χ2v) is 14.3. The number of nitrogens with zero attached hydrogens (tertiary/aromatic N) is 2. The molecule has 1 amide bonds. The first-order chi connectivity index (χ1) is 24.8. The molecule has 5 aromatic rings. The number of aliphatic hydroxyl groups is 2. The number of amides is 1. The molecule has 0 radical (unpaired) electrons. The molecule has 1 fully saturated rings. The Balaban J connectivity index is 0.940. The number of phenols is 1. The van der Waals surface area contributed by atoms with Crippen LogP contribution in [0.25, 0.3) is 10.9 Å². The fourth-order valence-electron chi connectivity index (χ4n) is 7.00. The van der Waals surface area contributed by atoms with Crippen LogP contribution >= 0.6 is 11.3 Å². The first-order valence-electron chi connectivity index (χ1n) is 17.5. The number of hydrogen-bond donors (Lipinski definition) is 5. The van der Waals surface area contributed by atoms with Gasteiger partial charge in [-0.1, -0.05) is 48.5 Å². The molecule has 1 unspecified atom stereocenters. The second-order valence-electron chi connectivity index (χ2n) is 13.3. The van der Waals surface area contributed by atoms with Crippen LogP contribution in [0.4, 0.5) is 5.69 Å². The van der Waals surface area contributed by atoms with Gasteiger partial charge in [-0.2, -0.15) is 0 Å². The topological polar surface area (TPSA) is 136 Å². The molecular weight excluding hydrogens is 665 g/mol. The molecule has 10 nitrogen and oxygen atoms in total. The van der Waals surface area contributed by atoms with E-state index in [1.807, 2.05) is 29.6 Å². The van der Waals surface area contributed by atoms with Crippen molar-refractivity contribution in [3.05, 3.63) is 118 Å². The van der Waals surface area contributed by atoms with E-state index in [4.69, 9.17) is 4.74 Å². The number of aryl methyl sites for hydroxylation is 1. The van der Waals surface area contributed by atoms with Gasteiger partial charge in [0.15, 0.2) is 0 Å². The molecule has 1 aliphatic rings. The number of benzene rings is 3. The van der Waals surface area contributed by atoms with E-state index in [0.717, 1.165) is 56.1 Å². The van der Waals surface area contributed by atoms with Gasteiger partial charge < -0.3 is 40.2 Å². The first kappa shape index (κ1) is 36.3. The van der Waals surface area contributed by atoms with E-state index in [-0.39, 0.29) is 17.5 Å². The molecule has 0 bridgehead atoms. The van der Waals surface area contributed by atoms with Gasteiger partial charge in [0, 0.05) is 43.0 Å². The maximum atomic E-state index is 13.5. The normalized spacial score (nSPS) is 18.0. The summed E-state index contributed by atoms with van der Waals surface area (Å²) < 4.78 is 8.26. The number of esters is 1. The van der Waals surface area contributed by atoms with E-state index >= 15 is 0 Å². The Morgan fingerprint density at radius 3 is 2.61 bits per heavy atom. The Labute approximate surface area is 302 Å². The molecule has 11 heteroatoms. The van der Waals surface area contributed by atoms with E-state index in [1.165, 1.54) is 22.9 Å². The number of carbonyl (C=O) groups is 2. The number of aromatic hydroxyl groups is 1. The summed E-state index contributed by atoms with van der Waals surface area (Å²) in [5, 5.41) is 40.9. The maximum absolute atomic E-state index is 13.5. The molecule has 0 saturated heterocycles. The number of anilines is 1. The van der Waals surface area contributed by atoms with E-state index in [2.05, 4.69) is 57.6 Å². The number of ether oxygens (including phenoxy) is 1. The molecule has 0 spiro atoms. The average molecular weight is 711 g/mol. The summed E-state index contributed by atoms with van der Waals surface area (Å²) in [4.78, 5) is 27.2. The molecule has 1 aliphatic carbocycles. The zero-order chi connectivity index (χ0) is 35.8. The van der Waals surface area contributed by atoms with Crippen molar-refractivity contribution in [2.45, 2.75) is 69.0 Å². The van der Waals surface area contributed by atoms with Crippen LogP contribution in [0.15, 0.2) is 96.5 Å². The minimum atomic E-state index is -1.81. The van der Waals surface area contributed by atoms with Gasteiger partial charge in [-0.25, -0.2) is 4.79 Å². The second kappa shape index (κ2) is 16.7. The lowest BCUT2D eigenvalue weighted by molar-refractivity contribution is -0.169. The Morgan fingerprint density at radius 2 is 1.86 bits per heavy atom. The van der Waals surface area contributed by atoms with Crippen LogP contribution in [-0.4, -0.2) is 69.4 Å². The Hall–Kier alpha value is -4.52. The molecule has 0 aliphatic heterocycles. The number of nitrogens with one attached hydrogen (secondary N) is 2. The molecule has 1 saturated carbocycles. The summed E-state index contributed by atoms with van der Waals surface area (Å²) in [5.41, 5.74) is 1.85. The van der Waals surface area contributed by atoms with Gasteiger partial charge in [-0.15, -0.1) is 11.3 Å². The highest BCUT2D eigenvalue weighted by Gasteiger charge is 2.44. The number of carbonyl (C=O) groups excluding carboxylic acids is 2. The van der Waals surface area contributed by atoms with Gasteiger partial charge >= 0.3 is 5.97 Å². The summed E-state index contributed by atoms with van der Waals surface area (Å²) in [6, 6.07) is 26.3. The molecule has 268 valence electrons. The van der Waals surface area contributed by atoms with Gasteiger partial charge in [0.25, 0.3) is 0 Å². The van der Waals surface area contributed by atoms with Crippen LogP contribution in [0, 0.1) is 0 Å². The highest BCUT2D eigenvalue weighted by atomic mass is 32.1. The predicted octanol–water partition coefficient (Wildman–Crippen LogP) is 5.91. The number of thiophene rings is 1. The summed E-state index contributed by atoms with van der Waals surface area (Å²) in [5.74, 6) is -0.660. The third kappa shape index (κ3) is 8.52. The third-order valence-corrected chi connectivity index (χ3v) is 10.9. The summed E-state index contributed by atoms with van der Waals surface area (Å²) in [7, 11) is 2.18. The Kier molecular flexibility index (Phi) is 11.9. The number of hydrogen-bond acceptors (Lipinski definition) is 9. The molecule has 2 heterocycles. The Bertz CT molecular complexity index is 1890. The lowest BCUT2D eigenvalue weighted by Gasteiger charge is -2.35. The maximum Gasteiger partial charge on any atom is 0.348 e. The monoisotopic (exact) mass is 710 g/mol. The van der Waals surface area contributed by atoms with E-state index in [9.17, 15) is 24.9 Å². The van der Waals surface area contributed by atoms with Gasteiger partial charge in [-0.3, -0.25) is 4.79 Å². The van der Waals surface area contributed by atoms with Crippen molar-refractivity contribution in [1.82, 2.24) is 14.8 Å². The van der Waals surface area contributed by atoms with E-state index < -0.39 is 17.7 Å². The number of phenolic OH excluding ortho intramolecular Hbond substituents is 1. The van der Waals surface area contributed by atoms with E-state index in [1.54, 1.807) is 30.3 Å². The van der Waals surface area contributed by atoms with Crippen molar-refractivity contribution in [3.63, 3.8) is 0 Å². The smallest absolute Gasteiger partial charge is 0.348 e. The van der Waals surface area contributed by atoms with E-state index in [0.29, 0.717) is 41.5 Å². The van der Waals surface area contributed by atoms with Crippen LogP contribution in [0.3, 0.4) is 0 Å². The first-order valence-corrected chi connectivity index (χ1v) is 18.4. The number of rotatable bonds is 16. The zero-order valence-electron chi connectivity index (χ0n) is 28.8. The van der Waals surface area contributed by atoms with Crippen LogP contribution < -0.4 is 10.6 Å². The van der Waals surface area contributed by atoms with Gasteiger partial charge in [0.05, 0.1) is 16.7 Å². The fourth-order valence-corrected chi connectivity index (χ4v) is 7.84. The predicted molar refractivity (Wildman–Crippen MR) is 200 cm³/mol. The van der Waals surface area contributed by atoms with Crippen molar-refractivity contribution < 1.29 is 29.6 Å². The molecule has 51 heavy (non-hydrogen) atoms. The molecule has 5 N–H and O–H groups in total. The van der Waals surface area contributed by atoms with Gasteiger partial charge in [0.1, 0.15) is 11.9 Å². The van der Waals surface area contributed by atoms with Crippen LogP contribution in [0.1, 0.15) is 59.8 Å². The molecule has 6 rings (SSSR count). The summed E-state index contributed by atoms with van der Waals surface area (Å²) >= 11 is 1.35. The van der Waals surface area contributed by atoms with Gasteiger partial charge in [-0.05, 0) is 104 Å². The van der Waals surface area contributed by atoms with Crippen molar-refractivity contribution in [2.75, 3.05) is 25.5 Å². The summed E-state index contributed by atoms with van der Waals surface area (Å²) in [6.45, 7) is 2.76. The molecule has 2 aromatic heterocycles. The number of aliphatic hydroxyl groups excluding tert-OH is 1. The minimum Gasteiger partial charge on any atom is -0.506 e. The molecule has 3 aromatic carbocycles. The van der Waals surface area contributed by atoms with Crippen molar-refractivity contribution in [3.8, 4) is 5.75 Å². The Morgan fingerprint density at radius 1 is 1.06 bits per heavy atom. The largest absolute Gasteiger partial charge is 0.506 e. The minimum absolute atomic E-state index is 0.0530. The fraction of sp³-hybridized carbons (Fsp3) is 0.350. The summed E-state index contributed by atoms with van der Waals surface area (Å²) in [6.07, 6.45) is 6.02. The lowest BCUT2D eigenvalue weighted by atomic mass is 9.90. The van der Waals surface area contributed by atoms with Crippen LogP contribution in [-0.2, 0) is 33.0 Å². The molecular formula is C40H46N4O6S. The highest BCUT2D eigenvalue weighted by molar-refractivity contribution is 7.10. The van der Waals surface area contributed by atoms with Crippen molar-refractivity contribution in [1.29, 1.82) is 0 Å².